The number of hydrogen-bond donors (Lipinski definition) is 2. The highest BCUT2D eigenvalue weighted by molar-refractivity contribution is 5.94. The van der Waals surface area contributed by atoms with Crippen LogP contribution in [0.2, 0.25) is 0 Å². The molecule has 20 heavy (non-hydrogen) atoms. The number of rotatable bonds is 4. The molecule has 106 valence electrons. The summed E-state index contributed by atoms with van der Waals surface area (Å²) in [6, 6.07) is 6.25. The molecule has 2 rings (SSSR count). The molecule has 1 amide bonds. The van der Waals surface area contributed by atoms with Gasteiger partial charge in [-0.1, -0.05) is 37.1 Å². The number of aromatic amines is 1. The minimum Gasteiger partial charge on any atom is -0.323 e. The van der Waals surface area contributed by atoms with Crippen LogP contribution in [0.15, 0.2) is 18.2 Å². The number of benzene rings is 1. The van der Waals surface area contributed by atoms with Crippen LogP contribution in [0.4, 0.5) is 5.69 Å². The summed E-state index contributed by atoms with van der Waals surface area (Å²) in [4.78, 5) is 11.4. The second kappa shape index (κ2) is 5.90. The Labute approximate surface area is 119 Å². The molecule has 0 aliphatic rings. The van der Waals surface area contributed by atoms with Gasteiger partial charge in [-0.2, -0.15) is 5.10 Å². The highest BCUT2D eigenvalue weighted by atomic mass is 16.1. The molecule has 2 N–H and O–H groups in total. The third-order valence-electron chi connectivity index (χ3n) is 3.28. The predicted octanol–water partition coefficient (Wildman–Crippen LogP) is 3.60. The Kier molecular flexibility index (Phi) is 4.23. The van der Waals surface area contributed by atoms with E-state index in [0.717, 1.165) is 41.0 Å². The Morgan fingerprint density at radius 1 is 1.35 bits per heavy atom. The van der Waals surface area contributed by atoms with Gasteiger partial charge < -0.3 is 5.32 Å². The number of amides is 1. The monoisotopic (exact) mass is 271 g/mol. The molecule has 2 aromatic rings. The van der Waals surface area contributed by atoms with Crippen LogP contribution in [-0.4, -0.2) is 16.1 Å². The zero-order valence-corrected chi connectivity index (χ0v) is 12.5. The summed E-state index contributed by atoms with van der Waals surface area (Å²) >= 11 is 0. The fraction of sp³-hybridized carbons (Fsp3) is 0.375. The molecule has 0 fully saturated rings. The Bertz CT molecular complexity index is 629. The van der Waals surface area contributed by atoms with E-state index in [1.807, 2.05) is 0 Å². The van der Waals surface area contributed by atoms with E-state index in [4.69, 9.17) is 0 Å². The van der Waals surface area contributed by atoms with E-state index in [9.17, 15) is 4.79 Å². The van der Waals surface area contributed by atoms with Crippen molar-refractivity contribution in [2.45, 2.75) is 40.5 Å². The number of aryl methyl sites for hydroxylation is 3. The third-order valence-corrected chi connectivity index (χ3v) is 3.28. The van der Waals surface area contributed by atoms with Crippen molar-refractivity contribution in [1.82, 2.24) is 10.2 Å². The lowest BCUT2D eigenvalue weighted by atomic mass is 10.0. The second-order valence-corrected chi connectivity index (χ2v) is 5.18. The lowest BCUT2D eigenvalue weighted by molar-refractivity contribution is -0.114. The first-order valence-electron chi connectivity index (χ1n) is 6.95. The van der Waals surface area contributed by atoms with Gasteiger partial charge in [0.25, 0.3) is 0 Å². The van der Waals surface area contributed by atoms with E-state index >= 15 is 0 Å². The van der Waals surface area contributed by atoms with Crippen LogP contribution < -0.4 is 5.32 Å². The van der Waals surface area contributed by atoms with Gasteiger partial charge in [0, 0.05) is 12.5 Å². The van der Waals surface area contributed by atoms with Gasteiger partial charge in [0.15, 0.2) is 0 Å². The number of hydrogen-bond acceptors (Lipinski definition) is 2. The second-order valence-electron chi connectivity index (χ2n) is 5.18. The van der Waals surface area contributed by atoms with Crippen molar-refractivity contribution in [2.75, 3.05) is 5.32 Å². The van der Waals surface area contributed by atoms with E-state index in [1.165, 1.54) is 12.5 Å². The Hall–Kier alpha value is -2.10. The number of nitrogens with one attached hydrogen (secondary N) is 2. The lowest BCUT2D eigenvalue weighted by Crippen LogP contribution is -2.08. The molecule has 0 saturated carbocycles. The topological polar surface area (TPSA) is 57.8 Å². The Morgan fingerprint density at radius 2 is 2.10 bits per heavy atom. The standard InChI is InChI=1S/C16H21N3O/c1-5-6-14-16(17-12(4)20)15(19-18-14)13-8-7-10(2)9-11(13)3/h7-9H,5-6H2,1-4H3,(H,17,20)(H,18,19). The van der Waals surface area contributed by atoms with Gasteiger partial charge in [0.05, 0.1) is 11.4 Å². The first-order valence-corrected chi connectivity index (χ1v) is 6.95. The summed E-state index contributed by atoms with van der Waals surface area (Å²) < 4.78 is 0. The maximum Gasteiger partial charge on any atom is 0.221 e. The van der Waals surface area contributed by atoms with Gasteiger partial charge >= 0.3 is 0 Å². The molecule has 4 heteroatoms. The summed E-state index contributed by atoms with van der Waals surface area (Å²) in [5, 5.41) is 10.4. The fourth-order valence-electron chi connectivity index (χ4n) is 2.39. The van der Waals surface area contributed by atoms with Crippen LogP contribution in [0.25, 0.3) is 11.3 Å². The predicted molar refractivity (Wildman–Crippen MR) is 81.8 cm³/mol. The summed E-state index contributed by atoms with van der Waals surface area (Å²) in [7, 11) is 0. The van der Waals surface area contributed by atoms with Gasteiger partial charge in [0.1, 0.15) is 5.69 Å². The van der Waals surface area contributed by atoms with Crippen molar-refractivity contribution in [2.24, 2.45) is 0 Å². The summed E-state index contributed by atoms with van der Waals surface area (Å²) in [6.45, 7) is 7.76. The number of H-pyrrole nitrogens is 1. The average Bonchev–Trinajstić information content (AvgIpc) is 2.73. The van der Waals surface area contributed by atoms with E-state index < -0.39 is 0 Å². The molecule has 4 nitrogen and oxygen atoms in total. The van der Waals surface area contributed by atoms with E-state index in [0.29, 0.717) is 0 Å². The van der Waals surface area contributed by atoms with E-state index in [2.05, 4.69) is 54.5 Å². The minimum atomic E-state index is -0.0743. The normalized spacial score (nSPS) is 10.6. The molecule has 0 radical (unpaired) electrons. The summed E-state index contributed by atoms with van der Waals surface area (Å²) in [6.07, 6.45) is 1.87. The minimum absolute atomic E-state index is 0.0743. The molecule has 1 aromatic carbocycles. The van der Waals surface area contributed by atoms with Crippen molar-refractivity contribution in [3.8, 4) is 11.3 Å². The molecule has 0 bridgehead atoms. The molecule has 0 atom stereocenters. The largest absolute Gasteiger partial charge is 0.323 e. The number of carbonyl (C=O) groups excluding carboxylic acids is 1. The van der Waals surface area contributed by atoms with Crippen molar-refractivity contribution in [1.29, 1.82) is 0 Å². The highest BCUT2D eigenvalue weighted by Crippen LogP contribution is 2.32. The Balaban J connectivity index is 2.52. The number of nitrogens with zero attached hydrogens (tertiary/aromatic N) is 1. The maximum atomic E-state index is 11.4. The van der Waals surface area contributed by atoms with Crippen LogP contribution in [0.3, 0.4) is 0 Å². The lowest BCUT2D eigenvalue weighted by Gasteiger charge is -2.09. The smallest absolute Gasteiger partial charge is 0.221 e. The SMILES string of the molecule is CCCc1[nH]nc(-c2ccc(C)cc2C)c1NC(C)=O. The first-order chi connectivity index (χ1) is 9.52. The Morgan fingerprint density at radius 3 is 2.70 bits per heavy atom. The molecule has 0 unspecified atom stereocenters. The molecule has 1 heterocycles. The highest BCUT2D eigenvalue weighted by Gasteiger charge is 2.16. The maximum absolute atomic E-state index is 11.4. The molecule has 1 aromatic heterocycles. The van der Waals surface area contributed by atoms with Gasteiger partial charge in [-0.15, -0.1) is 0 Å². The van der Waals surface area contributed by atoms with Crippen LogP contribution in [0, 0.1) is 13.8 Å². The average molecular weight is 271 g/mol. The van der Waals surface area contributed by atoms with Crippen LogP contribution >= 0.6 is 0 Å². The molecular formula is C16H21N3O. The fourth-order valence-corrected chi connectivity index (χ4v) is 2.39. The zero-order chi connectivity index (χ0) is 14.7. The summed E-state index contributed by atoms with van der Waals surface area (Å²) in [5.74, 6) is -0.0743. The summed E-state index contributed by atoms with van der Waals surface area (Å²) in [5.41, 5.74) is 6.05. The van der Waals surface area contributed by atoms with Crippen LogP contribution in [0.1, 0.15) is 37.1 Å². The number of aromatic nitrogens is 2. The van der Waals surface area contributed by atoms with Gasteiger partial charge in [-0.3, -0.25) is 9.89 Å². The van der Waals surface area contributed by atoms with E-state index in [1.54, 1.807) is 0 Å². The van der Waals surface area contributed by atoms with Gasteiger partial charge in [0.2, 0.25) is 5.91 Å². The molecule has 0 saturated heterocycles. The van der Waals surface area contributed by atoms with E-state index in [-0.39, 0.29) is 5.91 Å². The first kappa shape index (κ1) is 14.3. The zero-order valence-electron chi connectivity index (χ0n) is 12.5. The molecular weight excluding hydrogens is 250 g/mol. The molecule has 0 aliphatic carbocycles. The van der Waals surface area contributed by atoms with Crippen molar-refractivity contribution < 1.29 is 4.79 Å². The van der Waals surface area contributed by atoms with Crippen molar-refractivity contribution >= 4 is 11.6 Å². The number of anilines is 1. The molecule has 0 spiro atoms. The van der Waals surface area contributed by atoms with Crippen molar-refractivity contribution in [3.05, 3.63) is 35.0 Å². The van der Waals surface area contributed by atoms with Crippen LogP contribution in [0.5, 0.6) is 0 Å². The molecule has 0 aliphatic heterocycles. The third kappa shape index (κ3) is 2.90. The quantitative estimate of drug-likeness (QED) is 0.892. The van der Waals surface area contributed by atoms with Gasteiger partial charge in [-0.25, -0.2) is 0 Å². The van der Waals surface area contributed by atoms with Crippen LogP contribution in [-0.2, 0) is 11.2 Å². The van der Waals surface area contributed by atoms with Gasteiger partial charge in [-0.05, 0) is 25.8 Å². The number of carbonyl (C=O) groups is 1. The van der Waals surface area contributed by atoms with Crippen molar-refractivity contribution in [3.63, 3.8) is 0 Å².